The Morgan fingerprint density at radius 2 is 2.24 bits per heavy atom. The second-order valence-corrected chi connectivity index (χ2v) is 7.65. The van der Waals surface area contributed by atoms with Gasteiger partial charge in [-0.1, -0.05) is 29.8 Å². The molecular formula is C20H21Cl2N3. The van der Waals surface area contributed by atoms with Gasteiger partial charge < -0.3 is 9.88 Å². The Kier molecular flexibility index (Phi) is 4.72. The number of imidazole rings is 1. The molecule has 1 N–H and O–H groups in total. The molecule has 130 valence electrons. The minimum Gasteiger partial charge on any atom is -0.327 e. The van der Waals surface area contributed by atoms with Crippen molar-refractivity contribution in [1.82, 2.24) is 14.9 Å². The average molecular weight is 374 g/mol. The summed E-state index contributed by atoms with van der Waals surface area (Å²) in [6.07, 6.45) is 11.2. The molecule has 3 atom stereocenters. The monoisotopic (exact) mass is 373 g/mol. The zero-order chi connectivity index (χ0) is 17.4. The summed E-state index contributed by atoms with van der Waals surface area (Å²) in [5.74, 6) is 0.184. The number of fused-ring (bicyclic) bond motifs is 1. The van der Waals surface area contributed by atoms with Crippen LogP contribution in [-0.2, 0) is 0 Å². The number of alkyl halides is 1. The first-order valence-corrected chi connectivity index (χ1v) is 9.51. The molecule has 0 fully saturated rings. The smallest absolute Gasteiger partial charge is 0.0961 e. The minimum absolute atomic E-state index is 0.111. The maximum Gasteiger partial charge on any atom is 0.0961 e. The van der Waals surface area contributed by atoms with Crippen molar-refractivity contribution in [3.8, 4) is 0 Å². The van der Waals surface area contributed by atoms with E-state index in [9.17, 15) is 0 Å². The molecule has 1 aromatic carbocycles. The van der Waals surface area contributed by atoms with Gasteiger partial charge in [0, 0.05) is 23.5 Å². The number of benzene rings is 1. The summed E-state index contributed by atoms with van der Waals surface area (Å²) in [7, 11) is 0. The molecule has 3 unspecified atom stereocenters. The summed E-state index contributed by atoms with van der Waals surface area (Å²) >= 11 is 12.6. The first-order valence-electron chi connectivity index (χ1n) is 8.70. The van der Waals surface area contributed by atoms with Crippen LogP contribution in [-0.4, -0.2) is 28.0 Å². The number of nitrogens with zero attached hydrogens (tertiary/aromatic N) is 2. The largest absolute Gasteiger partial charge is 0.327 e. The molecule has 1 aliphatic carbocycles. The van der Waals surface area contributed by atoms with Crippen LogP contribution in [0.3, 0.4) is 0 Å². The van der Waals surface area contributed by atoms with Crippen LogP contribution in [0.15, 0.2) is 53.9 Å². The summed E-state index contributed by atoms with van der Waals surface area (Å²) in [5.41, 5.74) is 4.86. The zero-order valence-corrected chi connectivity index (χ0v) is 15.6. The fraction of sp³-hybridized carbons (Fsp3) is 0.350. The van der Waals surface area contributed by atoms with E-state index in [2.05, 4.69) is 52.1 Å². The molecule has 1 aliphatic heterocycles. The van der Waals surface area contributed by atoms with Gasteiger partial charge in [0.2, 0.25) is 0 Å². The van der Waals surface area contributed by atoms with Crippen molar-refractivity contribution in [2.45, 2.75) is 24.8 Å². The molecule has 4 rings (SSSR count). The highest BCUT2D eigenvalue weighted by Crippen LogP contribution is 2.34. The number of halogens is 2. The number of hydrogen-bond donors (Lipinski definition) is 1. The van der Waals surface area contributed by atoms with E-state index >= 15 is 0 Å². The van der Waals surface area contributed by atoms with Crippen molar-refractivity contribution in [1.29, 1.82) is 0 Å². The molecule has 25 heavy (non-hydrogen) atoms. The fourth-order valence-electron chi connectivity index (χ4n) is 3.68. The van der Waals surface area contributed by atoms with E-state index < -0.39 is 0 Å². The summed E-state index contributed by atoms with van der Waals surface area (Å²) in [6.45, 7) is 4.17. The van der Waals surface area contributed by atoms with Gasteiger partial charge in [0.15, 0.2) is 0 Å². The molecular weight excluding hydrogens is 353 g/mol. The number of rotatable bonds is 3. The lowest BCUT2D eigenvalue weighted by atomic mass is 9.92. The number of aromatic nitrogens is 2. The van der Waals surface area contributed by atoms with Crippen LogP contribution in [0.2, 0.25) is 0 Å². The third kappa shape index (κ3) is 3.29. The van der Waals surface area contributed by atoms with Gasteiger partial charge in [-0.3, -0.25) is 0 Å². The van der Waals surface area contributed by atoms with Crippen molar-refractivity contribution in [3.05, 3.63) is 59.4 Å². The van der Waals surface area contributed by atoms with Gasteiger partial charge in [-0.2, -0.15) is 0 Å². The van der Waals surface area contributed by atoms with Crippen LogP contribution in [0.5, 0.6) is 0 Å². The molecule has 3 nitrogen and oxygen atoms in total. The van der Waals surface area contributed by atoms with E-state index in [1.807, 2.05) is 18.5 Å². The van der Waals surface area contributed by atoms with Crippen LogP contribution in [0.25, 0.3) is 16.6 Å². The Labute approximate surface area is 158 Å². The second kappa shape index (κ2) is 6.99. The van der Waals surface area contributed by atoms with E-state index in [4.69, 9.17) is 23.2 Å². The maximum atomic E-state index is 6.53. The molecule has 5 heteroatoms. The van der Waals surface area contributed by atoms with Gasteiger partial charge in [-0.05, 0) is 55.3 Å². The average Bonchev–Trinajstić information content (AvgIpc) is 3.05. The molecule has 0 spiro atoms. The van der Waals surface area contributed by atoms with Crippen LogP contribution in [0, 0.1) is 5.92 Å². The first-order chi connectivity index (χ1) is 12.1. The van der Waals surface area contributed by atoms with E-state index in [-0.39, 0.29) is 17.3 Å². The number of hydrogen-bond acceptors (Lipinski definition) is 2. The minimum atomic E-state index is -0.111. The molecule has 2 aliphatic rings. The lowest BCUT2D eigenvalue weighted by Crippen LogP contribution is -2.23. The maximum absolute atomic E-state index is 6.53. The standard InChI is InChI=1S/C20H21Cl2N3/c1-13(17-4-3-16(21)11-18(17)22)25-12-24-19-5-2-15(10-20(19)25)14-6-8-23-9-7-14/h2-6,10-13,17-18,23H,7-9H2,1H3. The Morgan fingerprint density at radius 1 is 1.36 bits per heavy atom. The predicted octanol–water partition coefficient (Wildman–Crippen LogP) is 4.89. The van der Waals surface area contributed by atoms with Gasteiger partial charge in [-0.25, -0.2) is 4.98 Å². The van der Waals surface area contributed by atoms with Crippen LogP contribution in [0.4, 0.5) is 0 Å². The predicted molar refractivity (Wildman–Crippen MR) is 106 cm³/mol. The van der Waals surface area contributed by atoms with Gasteiger partial charge >= 0.3 is 0 Å². The topological polar surface area (TPSA) is 29.9 Å². The molecule has 0 radical (unpaired) electrons. The van der Waals surface area contributed by atoms with Crippen molar-refractivity contribution in [2.24, 2.45) is 5.92 Å². The van der Waals surface area contributed by atoms with Crippen molar-refractivity contribution in [2.75, 3.05) is 13.1 Å². The first kappa shape index (κ1) is 16.9. The molecule has 2 heterocycles. The molecule has 0 saturated carbocycles. The summed E-state index contributed by atoms with van der Waals surface area (Å²) in [6, 6.07) is 6.74. The molecule has 0 bridgehead atoms. The summed E-state index contributed by atoms with van der Waals surface area (Å²) in [4.78, 5) is 4.58. The van der Waals surface area contributed by atoms with Gasteiger partial charge in [0.25, 0.3) is 0 Å². The van der Waals surface area contributed by atoms with Crippen molar-refractivity contribution in [3.63, 3.8) is 0 Å². The Morgan fingerprint density at radius 3 is 3.00 bits per heavy atom. The zero-order valence-electron chi connectivity index (χ0n) is 14.1. The number of nitrogens with one attached hydrogen (secondary N) is 1. The SMILES string of the molecule is CC(C1C=CC(Cl)=CC1Cl)n1cnc2ccc(C3=CCNCC3)cc21. The second-order valence-electron chi connectivity index (χ2n) is 6.71. The quantitative estimate of drug-likeness (QED) is 0.776. The summed E-state index contributed by atoms with van der Waals surface area (Å²) in [5, 5.41) is 3.96. The molecule has 2 aromatic rings. The Hall–Kier alpha value is -1.55. The van der Waals surface area contributed by atoms with E-state index in [1.165, 1.54) is 11.1 Å². The highest BCUT2D eigenvalue weighted by molar-refractivity contribution is 6.32. The third-order valence-electron chi connectivity index (χ3n) is 5.17. The van der Waals surface area contributed by atoms with Gasteiger partial charge in [0.05, 0.1) is 22.7 Å². The van der Waals surface area contributed by atoms with Gasteiger partial charge in [0.1, 0.15) is 0 Å². The fourth-order valence-corrected chi connectivity index (χ4v) is 4.38. The summed E-state index contributed by atoms with van der Waals surface area (Å²) < 4.78 is 2.23. The Balaban J connectivity index is 1.70. The van der Waals surface area contributed by atoms with Crippen LogP contribution in [0.1, 0.15) is 24.9 Å². The van der Waals surface area contributed by atoms with E-state index in [0.717, 1.165) is 30.5 Å². The third-order valence-corrected chi connectivity index (χ3v) is 5.84. The molecule has 0 saturated heterocycles. The Bertz CT molecular complexity index is 878. The highest BCUT2D eigenvalue weighted by atomic mass is 35.5. The lowest BCUT2D eigenvalue weighted by molar-refractivity contribution is 0.429. The number of allylic oxidation sites excluding steroid dienone is 4. The van der Waals surface area contributed by atoms with Crippen LogP contribution >= 0.6 is 23.2 Å². The van der Waals surface area contributed by atoms with Gasteiger partial charge in [-0.15, -0.1) is 11.6 Å². The van der Waals surface area contributed by atoms with Crippen LogP contribution < -0.4 is 5.32 Å². The normalized spacial score (nSPS) is 24.9. The van der Waals surface area contributed by atoms with Crippen molar-refractivity contribution >= 4 is 39.8 Å². The van der Waals surface area contributed by atoms with E-state index in [0.29, 0.717) is 5.03 Å². The lowest BCUT2D eigenvalue weighted by Gasteiger charge is -2.27. The molecule has 0 amide bonds. The van der Waals surface area contributed by atoms with E-state index in [1.54, 1.807) is 0 Å². The molecule has 1 aromatic heterocycles. The van der Waals surface area contributed by atoms with Crippen molar-refractivity contribution < 1.29 is 0 Å². The highest BCUT2D eigenvalue weighted by Gasteiger charge is 2.26.